The lowest BCUT2D eigenvalue weighted by molar-refractivity contribution is -0.134. The molecule has 112 valence electrons. The summed E-state index contributed by atoms with van der Waals surface area (Å²) in [4.78, 5) is 13.9. The third-order valence-corrected chi connectivity index (χ3v) is 3.55. The van der Waals surface area contributed by atoms with Gasteiger partial charge in [-0.3, -0.25) is 4.79 Å². The van der Waals surface area contributed by atoms with Crippen molar-refractivity contribution in [3.8, 4) is 0 Å². The van der Waals surface area contributed by atoms with Gasteiger partial charge in [-0.1, -0.05) is 52.0 Å². The van der Waals surface area contributed by atoms with Crippen molar-refractivity contribution in [2.24, 2.45) is 5.92 Å². The van der Waals surface area contributed by atoms with E-state index in [0.717, 1.165) is 0 Å². The Morgan fingerprint density at radius 1 is 1.25 bits per heavy atom. The fourth-order valence-electron chi connectivity index (χ4n) is 2.23. The lowest BCUT2D eigenvalue weighted by atomic mass is 9.87. The Morgan fingerprint density at radius 2 is 1.80 bits per heavy atom. The zero-order valence-electron chi connectivity index (χ0n) is 13.7. The minimum atomic E-state index is 0.0128. The molecule has 0 saturated carbocycles. The summed E-state index contributed by atoms with van der Waals surface area (Å²) >= 11 is 0. The summed E-state index contributed by atoms with van der Waals surface area (Å²) in [5, 5.41) is 3.04. The van der Waals surface area contributed by atoms with E-state index in [0.29, 0.717) is 13.1 Å². The molecule has 1 amide bonds. The van der Waals surface area contributed by atoms with Gasteiger partial charge in [-0.05, 0) is 23.6 Å². The Kier molecular flexibility index (Phi) is 5.75. The van der Waals surface area contributed by atoms with Gasteiger partial charge < -0.3 is 10.2 Å². The van der Waals surface area contributed by atoms with Gasteiger partial charge in [0.1, 0.15) is 0 Å². The summed E-state index contributed by atoms with van der Waals surface area (Å²) in [6.45, 7) is 9.95. The normalized spacial score (nSPS) is 13.1. The maximum Gasteiger partial charge on any atom is 0.226 e. The molecular formula is C17H28N2O. The van der Waals surface area contributed by atoms with Crippen LogP contribution in [0.2, 0.25) is 0 Å². The molecule has 0 fully saturated rings. The molecule has 1 aromatic rings. The van der Waals surface area contributed by atoms with Crippen molar-refractivity contribution in [2.75, 3.05) is 20.6 Å². The summed E-state index contributed by atoms with van der Waals surface area (Å²) in [5.41, 5.74) is 2.66. The molecule has 0 aromatic heterocycles. The van der Waals surface area contributed by atoms with E-state index in [1.165, 1.54) is 11.1 Å². The Labute approximate surface area is 123 Å². The number of amides is 1. The Bertz CT molecular complexity index is 431. The third-order valence-electron chi connectivity index (χ3n) is 3.55. The minimum absolute atomic E-state index is 0.0128. The first kappa shape index (κ1) is 16.7. The lowest BCUT2D eigenvalue weighted by Gasteiger charge is -2.23. The van der Waals surface area contributed by atoms with Crippen LogP contribution in [0.3, 0.4) is 0 Å². The smallest absolute Gasteiger partial charge is 0.226 e. The van der Waals surface area contributed by atoms with Crippen LogP contribution in [0.15, 0.2) is 24.3 Å². The van der Waals surface area contributed by atoms with Crippen LogP contribution in [-0.4, -0.2) is 31.4 Å². The van der Waals surface area contributed by atoms with Crippen molar-refractivity contribution in [3.05, 3.63) is 35.4 Å². The quantitative estimate of drug-likeness (QED) is 0.897. The van der Waals surface area contributed by atoms with Crippen molar-refractivity contribution in [1.82, 2.24) is 10.2 Å². The molecule has 0 aliphatic heterocycles. The first-order valence-corrected chi connectivity index (χ1v) is 7.24. The van der Waals surface area contributed by atoms with Crippen molar-refractivity contribution < 1.29 is 4.79 Å². The van der Waals surface area contributed by atoms with Gasteiger partial charge in [0.25, 0.3) is 0 Å². The van der Waals surface area contributed by atoms with E-state index in [-0.39, 0.29) is 17.2 Å². The molecule has 20 heavy (non-hydrogen) atoms. The van der Waals surface area contributed by atoms with Gasteiger partial charge in [-0.15, -0.1) is 0 Å². The highest BCUT2D eigenvalue weighted by atomic mass is 16.2. The number of benzene rings is 1. The van der Waals surface area contributed by atoms with Gasteiger partial charge in [0.2, 0.25) is 5.91 Å². The molecule has 0 bridgehead atoms. The maximum absolute atomic E-state index is 12.1. The van der Waals surface area contributed by atoms with Crippen LogP contribution < -0.4 is 5.32 Å². The maximum atomic E-state index is 12.1. The second-order valence-electron chi connectivity index (χ2n) is 6.60. The predicted octanol–water partition coefficient (Wildman–Crippen LogP) is 2.80. The van der Waals surface area contributed by atoms with E-state index in [1.807, 2.05) is 21.0 Å². The Hall–Kier alpha value is -1.35. The number of nitrogens with zero attached hydrogens (tertiary/aromatic N) is 1. The van der Waals surface area contributed by atoms with Gasteiger partial charge >= 0.3 is 0 Å². The van der Waals surface area contributed by atoms with Crippen molar-refractivity contribution in [2.45, 2.75) is 39.7 Å². The van der Waals surface area contributed by atoms with Crippen molar-refractivity contribution >= 4 is 5.91 Å². The number of nitrogens with one attached hydrogen (secondary N) is 1. The molecule has 0 saturated heterocycles. The molecule has 0 radical (unpaired) electrons. The highest BCUT2D eigenvalue weighted by Crippen LogP contribution is 2.22. The van der Waals surface area contributed by atoms with Crippen LogP contribution in [0, 0.1) is 5.92 Å². The standard InChI is InChI=1S/C17H28N2O/c1-13(11-18-5)16(20)19(6)12-14-7-9-15(10-8-14)17(2,3)4/h7-10,13,18H,11-12H2,1-6H3. The molecule has 3 nitrogen and oxygen atoms in total. The van der Waals surface area contributed by atoms with Crippen LogP contribution in [-0.2, 0) is 16.8 Å². The Morgan fingerprint density at radius 3 is 2.25 bits per heavy atom. The number of hydrogen-bond donors (Lipinski definition) is 1. The van der Waals surface area contributed by atoms with Gasteiger partial charge in [-0.25, -0.2) is 0 Å². The largest absolute Gasteiger partial charge is 0.341 e. The van der Waals surface area contributed by atoms with Crippen LogP contribution >= 0.6 is 0 Å². The van der Waals surface area contributed by atoms with E-state index in [2.05, 4.69) is 50.4 Å². The van der Waals surface area contributed by atoms with E-state index in [1.54, 1.807) is 4.90 Å². The molecule has 0 spiro atoms. The summed E-state index contributed by atoms with van der Waals surface area (Å²) in [6.07, 6.45) is 0. The van der Waals surface area contributed by atoms with Gasteiger partial charge in [0, 0.05) is 26.1 Å². The zero-order valence-corrected chi connectivity index (χ0v) is 13.7. The molecule has 0 heterocycles. The fraction of sp³-hybridized carbons (Fsp3) is 0.588. The van der Waals surface area contributed by atoms with E-state index < -0.39 is 0 Å². The molecule has 1 unspecified atom stereocenters. The van der Waals surface area contributed by atoms with E-state index in [4.69, 9.17) is 0 Å². The first-order valence-electron chi connectivity index (χ1n) is 7.24. The lowest BCUT2D eigenvalue weighted by Crippen LogP contribution is -2.35. The second-order valence-corrected chi connectivity index (χ2v) is 6.60. The summed E-state index contributed by atoms with van der Waals surface area (Å²) in [6, 6.07) is 8.55. The third kappa shape index (κ3) is 4.64. The molecule has 1 aromatic carbocycles. The van der Waals surface area contributed by atoms with E-state index >= 15 is 0 Å². The summed E-state index contributed by atoms with van der Waals surface area (Å²) in [5.74, 6) is 0.193. The molecule has 1 rings (SSSR count). The van der Waals surface area contributed by atoms with Crippen molar-refractivity contribution in [3.63, 3.8) is 0 Å². The SMILES string of the molecule is CNCC(C)C(=O)N(C)Cc1ccc(C(C)(C)C)cc1. The van der Waals surface area contributed by atoms with Crippen molar-refractivity contribution in [1.29, 1.82) is 0 Å². The highest BCUT2D eigenvalue weighted by molar-refractivity contribution is 5.78. The summed E-state index contributed by atoms with van der Waals surface area (Å²) < 4.78 is 0. The first-order chi connectivity index (χ1) is 9.25. The fourth-order valence-corrected chi connectivity index (χ4v) is 2.23. The molecular weight excluding hydrogens is 248 g/mol. The van der Waals surface area contributed by atoms with Gasteiger partial charge in [0.05, 0.1) is 0 Å². The molecule has 1 N–H and O–H groups in total. The average molecular weight is 276 g/mol. The number of rotatable bonds is 5. The summed E-state index contributed by atoms with van der Waals surface area (Å²) in [7, 11) is 3.74. The minimum Gasteiger partial charge on any atom is -0.341 e. The number of hydrogen-bond acceptors (Lipinski definition) is 2. The topological polar surface area (TPSA) is 32.3 Å². The zero-order chi connectivity index (χ0) is 15.3. The number of carbonyl (C=O) groups is 1. The Balaban J connectivity index is 2.67. The predicted molar refractivity (Wildman–Crippen MR) is 84.7 cm³/mol. The monoisotopic (exact) mass is 276 g/mol. The molecule has 3 heteroatoms. The highest BCUT2D eigenvalue weighted by Gasteiger charge is 2.17. The van der Waals surface area contributed by atoms with Crippen LogP contribution in [0.5, 0.6) is 0 Å². The molecule has 0 aliphatic carbocycles. The van der Waals surface area contributed by atoms with Gasteiger partial charge in [-0.2, -0.15) is 0 Å². The van der Waals surface area contributed by atoms with Gasteiger partial charge in [0.15, 0.2) is 0 Å². The average Bonchev–Trinajstić information content (AvgIpc) is 2.37. The molecule has 1 atom stereocenters. The van der Waals surface area contributed by atoms with Crippen LogP contribution in [0.1, 0.15) is 38.8 Å². The van der Waals surface area contributed by atoms with Crippen LogP contribution in [0.25, 0.3) is 0 Å². The number of carbonyl (C=O) groups excluding carboxylic acids is 1. The van der Waals surface area contributed by atoms with E-state index in [9.17, 15) is 4.79 Å². The second kappa shape index (κ2) is 6.89. The molecule has 0 aliphatic rings. The van der Waals surface area contributed by atoms with Crippen LogP contribution in [0.4, 0.5) is 0 Å².